The number of rotatable bonds is 6. The third-order valence-electron chi connectivity index (χ3n) is 4.27. The molecule has 1 heterocycles. The second-order valence-electron chi connectivity index (χ2n) is 6.15. The van der Waals surface area contributed by atoms with Gasteiger partial charge in [0.1, 0.15) is 0 Å². The van der Waals surface area contributed by atoms with Gasteiger partial charge in [-0.15, -0.1) is 0 Å². The van der Waals surface area contributed by atoms with E-state index in [2.05, 4.69) is 5.32 Å². The lowest BCUT2D eigenvalue weighted by molar-refractivity contribution is -0.126. The summed E-state index contributed by atoms with van der Waals surface area (Å²) in [6, 6.07) is 9.70. The summed E-state index contributed by atoms with van der Waals surface area (Å²) in [5.41, 5.74) is 1.05. The first-order valence-corrected chi connectivity index (χ1v) is 9.88. The molecular formula is C17H26N2O3S. The van der Waals surface area contributed by atoms with E-state index < -0.39 is 10.0 Å². The molecule has 0 bridgehead atoms. The molecule has 5 nitrogen and oxygen atoms in total. The van der Waals surface area contributed by atoms with Crippen LogP contribution in [0, 0.1) is 5.92 Å². The Morgan fingerprint density at radius 1 is 1.35 bits per heavy atom. The molecule has 2 atom stereocenters. The van der Waals surface area contributed by atoms with Crippen LogP contribution in [0.1, 0.15) is 44.7 Å². The molecule has 0 aliphatic carbocycles. The zero-order valence-electron chi connectivity index (χ0n) is 13.9. The van der Waals surface area contributed by atoms with E-state index in [-0.39, 0.29) is 23.6 Å². The molecule has 2 rings (SSSR count). The molecule has 1 aliphatic heterocycles. The molecule has 0 unspecified atom stereocenters. The van der Waals surface area contributed by atoms with Gasteiger partial charge in [-0.1, -0.05) is 37.3 Å². The average molecular weight is 338 g/mol. The maximum absolute atomic E-state index is 12.5. The molecule has 1 aromatic carbocycles. The van der Waals surface area contributed by atoms with Gasteiger partial charge < -0.3 is 5.32 Å². The van der Waals surface area contributed by atoms with Crippen LogP contribution in [0.2, 0.25) is 0 Å². The third kappa shape index (κ3) is 4.78. The van der Waals surface area contributed by atoms with Gasteiger partial charge in [-0.05, 0) is 31.7 Å². The Morgan fingerprint density at radius 3 is 2.70 bits per heavy atom. The van der Waals surface area contributed by atoms with Crippen molar-refractivity contribution in [3.8, 4) is 0 Å². The molecule has 23 heavy (non-hydrogen) atoms. The van der Waals surface area contributed by atoms with Crippen molar-refractivity contribution in [3.05, 3.63) is 35.9 Å². The average Bonchev–Trinajstić information content (AvgIpc) is 2.55. The van der Waals surface area contributed by atoms with Crippen molar-refractivity contribution >= 4 is 15.9 Å². The van der Waals surface area contributed by atoms with Gasteiger partial charge >= 0.3 is 0 Å². The van der Waals surface area contributed by atoms with Crippen LogP contribution in [0.25, 0.3) is 0 Å². The van der Waals surface area contributed by atoms with Gasteiger partial charge in [0.15, 0.2) is 0 Å². The zero-order valence-corrected chi connectivity index (χ0v) is 14.7. The fourth-order valence-corrected chi connectivity index (χ4v) is 4.54. The Balaban J connectivity index is 1.97. The summed E-state index contributed by atoms with van der Waals surface area (Å²) in [6.45, 7) is 4.63. The second kappa shape index (κ2) is 7.93. The van der Waals surface area contributed by atoms with Crippen molar-refractivity contribution in [2.24, 2.45) is 5.92 Å². The van der Waals surface area contributed by atoms with Crippen LogP contribution in [0.4, 0.5) is 0 Å². The standard InChI is InChI=1S/C17H26N2O3S/c1-3-12-23(21,22)19-11-7-10-16(13-19)17(20)18-14(2)15-8-5-4-6-9-15/h4-6,8-9,14,16H,3,7,10-13H2,1-2H3,(H,18,20)/t14-,16+/m1/s1. The summed E-state index contributed by atoms with van der Waals surface area (Å²) in [5.74, 6) is -0.166. The predicted molar refractivity (Wildman–Crippen MR) is 91.4 cm³/mol. The number of nitrogens with one attached hydrogen (secondary N) is 1. The SMILES string of the molecule is CCCS(=O)(=O)N1CCC[C@H](C(=O)N[C@H](C)c2ccccc2)C1. The molecule has 128 valence electrons. The molecule has 1 aliphatic rings. The predicted octanol–water partition coefficient (Wildman–Crippen LogP) is 2.32. The molecule has 1 saturated heterocycles. The Morgan fingerprint density at radius 2 is 2.04 bits per heavy atom. The van der Waals surface area contributed by atoms with Gasteiger partial charge in [-0.2, -0.15) is 0 Å². The van der Waals surface area contributed by atoms with Gasteiger partial charge in [0, 0.05) is 13.1 Å². The quantitative estimate of drug-likeness (QED) is 0.865. The maximum atomic E-state index is 12.5. The number of sulfonamides is 1. The Bertz CT molecular complexity index is 616. The smallest absolute Gasteiger partial charge is 0.224 e. The summed E-state index contributed by atoms with van der Waals surface area (Å²) < 4.78 is 25.9. The molecule has 0 aromatic heterocycles. The van der Waals surface area contributed by atoms with Crippen LogP contribution in [-0.2, 0) is 14.8 Å². The van der Waals surface area contributed by atoms with E-state index in [0.717, 1.165) is 18.4 Å². The van der Waals surface area contributed by atoms with Gasteiger partial charge in [0.05, 0.1) is 17.7 Å². The number of hydrogen-bond donors (Lipinski definition) is 1. The topological polar surface area (TPSA) is 66.5 Å². The van der Waals surface area contributed by atoms with Gasteiger partial charge in [-0.25, -0.2) is 12.7 Å². The number of nitrogens with zero attached hydrogens (tertiary/aromatic N) is 1. The van der Waals surface area contributed by atoms with Crippen molar-refractivity contribution in [3.63, 3.8) is 0 Å². The number of benzene rings is 1. The van der Waals surface area contributed by atoms with Crippen LogP contribution >= 0.6 is 0 Å². The van der Waals surface area contributed by atoms with Crippen molar-refractivity contribution in [1.82, 2.24) is 9.62 Å². The number of carbonyl (C=O) groups excluding carboxylic acids is 1. The van der Waals surface area contributed by atoms with Crippen LogP contribution in [0.3, 0.4) is 0 Å². The molecule has 0 saturated carbocycles. The van der Waals surface area contributed by atoms with Crippen molar-refractivity contribution in [2.75, 3.05) is 18.8 Å². The molecule has 1 aromatic rings. The first-order chi connectivity index (χ1) is 10.9. The third-order valence-corrected chi connectivity index (χ3v) is 6.31. The number of hydrogen-bond acceptors (Lipinski definition) is 3. The fourth-order valence-electron chi connectivity index (χ4n) is 2.95. The van der Waals surface area contributed by atoms with E-state index in [0.29, 0.717) is 19.5 Å². The first-order valence-electron chi connectivity index (χ1n) is 8.27. The summed E-state index contributed by atoms with van der Waals surface area (Å²) >= 11 is 0. The summed E-state index contributed by atoms with van der Waals surface area (Å²) in [6.07, 6.45) is 2.08. The van der Waals surface area contributed by atoms with E-state index in [4.69, 9.17) is 0 Å². The van der Waals surface area contributed by atoms with Crippen LogP contribution in [-0.4, -0.2) is 37.5 Å². The highest BCUT2D eigenvalue weighted by Crippen LogP contribution is 2.21. The van der Waals surface area contributed by atoms with Crippen LogP contribution in [0.15, 0.2) is 30.3 Å². The highest BCUT2D eigenvalue weighted by molar-refractivity contribution is 7.89. The van der Waals surface area contributed by atoms with E-state index in [1.54, 1.807) is 0 Å². The molecule has 0 radical (unpaired) electrons. The number of amides is 1. The monoisotopic (exact) mass is 338 g/mol. The minimum absolute atomic E-state index is 0.0576. The molecule has 1 N–H and O–H groups in total. The normalized spacial score (nSPS) is 20.9. The first kappa shape index (κ1) is 17.9. The molecular weight excluding hydrogens is 312 g/mol. The molecule has 1 amide bonds. The van der Waals surface area contributed by atoms with Gasteiger partial charge in [0.2, 0.25) is 15.9 Å². The Kier molecular flexibility index (Phi) is 6.18. The van der Waals surface area contributed by atoms with Crippen molar-refractivity contribution in [1.29, 1.82) is 0 Å². The van der Waals surface area contributed by atoms with E-state index >= 15 is 0 Å². The fraction of sp³-hybridized carbons (Fsp3) is 0.588. The zero-order chi connectivity index (χ0) is 16.9. The largest absolute Gasteiger partial charge is 0.349 e. The van der Waals surface area contributed by atoms with Crippen LogP contribution < -0.4 is 5.32 Å². The number of carbonyl (C=O) groups is 1. The maximum Gasteiger partial charge on any atom is 0.224 e. The van der Waals surface area contributed by atoms with Crippen molar-refractivity contribution in [2.45, 2.75) is 39.2 Å². The Hall–Kier alpha value is -1.40. The Labute approximate surface area is 139 Å². The molecule has 6 heteroatoms. The highest BCUT2D eigenvalue weighted by atomic mass is 32.2. The van der Waals surface area contributed by atoms with E-state index in [1.807, 2.05) is 44.2 Å². The summed E-state index contributed by atoms with van der Waals surface area (Å²) in [4.78, 5) is 12.5. The second-order valence-corrected chi connectivity index (χ2v) is 8.24. The lowest BCUT2D eigenvalue weighted by atomic mass is 9.98. The van der Waals surface area contributed by atoms with Gasteiger partial charge in [-0.3, -0.25) is 4.79 Å². The summed E-state index contributed by atoms with van der Waals surface area (Å²) in [7, 11) is -3.23. The molecule has 0 spiro atoms. The van der Waals surface area contributed by atoms with Gasteiger partial charge in [0.25, 0.3) is 0 Å². The lowest BCUT2D eigenvalue weighted by Crippen LogP contribution is -2.46. The minimum Gasteiger partial charge on any atom is -0.349 e. The van der Waals surface area contributed by atoms with Crippen LogP contribution in [0.5, 0.6) is 0 Å². The van der Waals surface area contributed by atoms with E-state index in [1.165, 1.54) is 4.31 Å². The molecule has 1 fully saturated rings. The highest BCUT2D eigenvalue weighted by Gasteiger charge is 2.32. The summed E-state index contributed by atoms with van der Waals surface area (Å²) in [5, 5.41) is 3.01. The van der Waals surface area contributed by atoms with E-state index in [9.17, 15) is 13.2 Å². The van der Waals surface area contributed by atoms with Crippen molar-refractivity contribution < 1.29 is 13.2 Å². The minimum atomic E-state index is -3.23. The number of piperidine rings is 1. The lowest BCUT2D eigenvalue weighted by Gasteiger charge is -2.31.